The van der Waals surface area contributed by atoms with E-state index >= 15 is 0 Å². The van der Waals surface area contributed by atoms with Crippen LogP contribution in [0.15, 0.2) is 24.3 Å². The lowest BCUT2D eigenvalue weighted by Crippen LogP contribution is -2.58. The van der Waals surface area contributed by atoms with Crippen molar-refractivity contribution < 1.29 is 9.53 Å². The monoisotopic (exact) mass is 295 g/mol. The van der Waals surface area contributed by atoms with Crippen molar-refractivity contribution in [2.45, 2.75) is 38.9 Å². The largest absolute Gasteiger partial charge is 0.367 e. The highest BCUT2D eigenvalue weighted by atomic mass is 35.5. The topological polar surface area (TPSA) is 29.5 Å². The second-order valence-electron chi connectivity index (χ2n) is 6.67. The molecule has 1 saturated heterocycles. The molecule has 0 N–H and O–H groups in total. The Morgan fingerprint density at radius 2 is 1.75 bits per heavy atom. The zero-order chi connectivity index (χ0) is 15.0. The van der Waals surface area contributed by atoms with Gasteiger partial charge in [0, 0.05) is 18.7 Å². The fourth-order valence-corrected chi connectivity index (χ4v) is 3.27. The summed E-state index contributed by atoms with van der Waals surface area (Å²) in [6.07, 6.45) is 0. The van der Waals surface area contributed by atoms with Crippen LogP contribution in [0.25, 0.3) is 0 Å². The molecule has 0 spiro atoms. The molecule has 1 heterocycles. The lowest BCUT2D eigenvalue weighted by molar-refractivity contribution is -0.178. The normalized spacial score (nSPS) is 21.6. The Hall–Kier alpha value is -0.900. The van der Waals surface area contributed by atoms with Crippen LogP contribution in [0.3, 0.4) is 0 Å². The minimum atomic E-state index is -0.248. The van der Waals surface area contributed by atoms with Crippen molar-refractivity contribution in [3.63, 3.8) is 0 Å². The van der Waals surface area contributed by atoms with Gasteiger partial charge in [0.1, 0.15) is 0 Å². The van der Waals surface area contributed by atoms with E-state index in [2.05, 4.69) is 32.6 Å². The van der Waals surface area contributed by atoms with Gasteiger partial charge in [0.2, 0.25) is 0 Å². The van der Waals surface area contributed by atoms with Crippen LogP contribution in [0.1, 0.15) is 38.1 Å². The zero-order valence-electron chi connectivity index (χ0n) is 12.6. The van der Waals surface area contributed by atoms with Gasteiger partial charge in [-0.3, -0.25) is 9.69 Å². The fourth-order valence-electron chi connectivity index (χ4n) is 3.03. The zero-order valence-corrected chi connectivity index (χ0v) is 13.3. The summed E-state index contributed by atoms with van der Waals surface area (Å²) in [5.41, 5.74) is 0.0988. The van der Waals surface area contributed by atoms with Crippen LogP contribution >= 0.6 is 11.6 Å². The summed E-state index contributed by atoms with van der Waals surface area (Å²) in [6.45, 7) is 10.1. The SMILES string of the molecule is CC1(C)CN(CC(=O)c2ccccc2Cl)CC(C)(C)O1. The Bertz CT molecular complexity index is 495. The Morgan fingerprint density at radius 3 is 2.30 bits per heavy atom. The highest BCUT2D eigenvalue weighted by Gasteiger charge is 2.38. The number of morpholine rings is 1. The summed E-state index contributed by atoms with van der Waals surface area (Å²) >= 11 is 6.08. The van der Waals surface area contributed by atoms with Gasteiger partial charge >= 0.3 is 0 Å². The second kappa shape index (κ2) is 5.47. The Labute approximate surface area is 125 Å². The summed E-state index contributed by atoms with van der Waals surface area (Å²) in [5.74, 6) is 0.0594. The third kappa shape index (κ3) is 3.81. The molecule has 1 aromatic carbocycles. The number of carbonyl (C=O) groups is 1. The number of ketones is 1. The first kappa shape index (κ1) is 15.5. The number of halogens is 1. The average Bonchev–Trinajstić information content (AvgIpc) is 2.24. The van der Waals surface area contributed by atoms with Gasteiger partial charge in [0.25, 0.3) is 0 Å². The van der Waals surface area contributed by atoms with E-state index in [1.54, 1.807) is 12.1 Å². The van der Waals surface area contributed by atoms with Crippen molar-refractivity contribution in [3.05, 3.63) is 34.9 Å². The smallest absolute Gasteiger partial charge is 0.178 e. The van der Waals surface area contributed by atoms with Crippen LogP contribution in [0, 0.1) is 0 Å². The molecular formula is C16H22ClNO2. The van der Waals surface area contributed by atoms with Gasteiger partial charge in [-0.05, 0) is 39.8 Å². The maximum absolute atomic E-state index is 12.4. The van der Waals surface area contributed by atoms with E-state index in [0.717, 1.165) is 13.1 Å². The molecule has 1 aliphatic rings. The van der Waals surface area contributed by atoms with E-state index in [0.29, 0.717) is 17.1 Å². The molecule has 0 unspecified atom stereocenters. The van der Waals surface area contributed by atoms with E-state index in [-0.39, 0.29) is 17.0 Å². The van der Waals surface area contributed by atoms with Gasteiger partial charge in [-0.1, -0.05) is 23.7 Å². The predicted octanol–water partition coefficient (Wildman–Crippen LogP) is 3.41. The minimum absolute atomic E-state index is 0.0594. The van der Waals surface area contributed by atoms with E-state index in [1.807, 2.05) is 12.1 Å². The van der Waals surface area contributed by atoms with Crippen molar-refractivity contribution in [1.29, 1.82) is 0 Å². The van der Waals surface area contributed by atoms with Crippen LogP contribution in [0.4, 0.5) is 0 Å². The number of nitrogens with zero attached hydrogens (tertiary/aromatic N) is 1. The van der Waals surface area contributed by atoms with Crippen molar-refractivity contribution >= 4 is 17.4 Å². The molecule has 20 heavy (non-hydrogen) atoms. The summed E-state index contributed by atoms with van der Waals surface area (Å²) in [6, 6.07) is 7.20. The first-order valence-electron chi connectivity index (χ1n) is 6.89. The fraction of sp³-hybridized carbons (Fsp3) is 0.562. The molecule has 1 fully saturated rings. The van der Waals surface area contributed by atoms with Gasteiger partial charge in [-0.15, -0.1) is 0 Å². The lowest BCUT2D eigenvalue weighted by atomic mass is 9.98. The molecule has 1 aliphatic heterocycles. The molecule has 1 aromatic rings. The Morgan fingerprint density at radius 1 is 1.20 bits per heavy atom. The van der Waals surface area contributed by atoms with E-state index in [1.165, 1.54) is 0 Å². The number of rotatable bonds is 3. The summed E-state index contributed by atoms with van der Waals surface area (Å²) in [7, 11) is 0. The third-order valence-electron chi connectivity index (χ3n) is 3.30. The van der Waals surface area contributed by atoms with Crippen molar-refractivity contribution in [1.82, 2.24) is 4.90 Å². The minimum Gasteiger partial charge on any atom is -0.367 e. The molecule has 2 rings (SSSR count). The van der Waals surface area contributed by atoms with Gasteiger partial charge < -0.3 is 4.74 Å². The van der Waals surface area contributed by atoms with Crippen LogP contribution in [0.5, 0.6) is 0 Å². The standard InChI is InChI=1S/C16H22ClNO2/c1-15(2)10-18(11-16(3,4)20-15)9-14(19)12-7-5-6-8-13(12)17/h5-8H,9-11H2,1-4H3. The molecule has 0 radical (unpaired) electrons. The molecule has 0 atom stereocenters. The van der Waals surface area contributed by atoms with Gasteiger partial charge in [0.05, 0.1) is 22.8 Å². The summed E-state index contributed by atoms with van der Waals surface area (Å²) in [5, 5.41) is 0.518. The van der Waals surface area contributed by atoms with E-state index in [9.17, 15) is 4.79 Å². The molecule has 0 amide bonds. The maximum Gasteiger partial charge on any atom is 0.178 e. The van der Waals surface area contributed by atoms with Crippen molar-refractivity contribution in [2.24, 2.45) is 0 Å². The van der Waals surface area contributed by atoms with Crippen LogP contribution in [-0.4, -0.2) is 41.5 Å². The van der Waals surface area contributed by atoms with Gasteiger partial charge in [-0.25, -0.2) is 0 Å². The number of Topliss-reactive ketones (excluding diaryl/α,β-unsaturated/α-hetero) is 1. The Balaban J connectivity index is 2.10. The first-order chi connectivity index (χ1) is 9.19. The quantitative estimate of drug-likeness (QED) is 0.800. The number of hydrogen-bond donors (Lipinski definition) is 0. The molecular weight excluding hydrogens is 274 g/mol. The van der Waals surface area contributed by atoms with Gasteiger partial charge in [0.15, 0.2) is 5.78 Å². The maximum atomic E-state index is 12.4. The second-order valence-corrected chi connectivity index (χ2v) is 7.08. The Kier molecular flexibility index (Phi) is 4.24. The van der Waals surface area contributed by atoms with E-state index < -0.39 is 0 Å². The molecule has 3 nitrogen and oxygen atoms in total. The van der Waals surface area contributed by atoms with Crippen LogP contribution in [0.2, 0.25) is 5.02 Å². The third-order valence-corrected chi connectivity index (χ3v) is 3.63. The van der Waals surface area contributed by atoms with Crippen LogP contribution in [-0.2, 0) is 4.74 Å². The highest BCUT2D eigenvalue weighted by molar-refractivity contribution is 6.34. The predicted molar refractivity (Wildman–Crippen MR) is 81.5 cm³/mol. The van der Waals surface area contributed by atoms with Crippen molar-refractivity contribution in [2.75, 3.05) is 19.6 Å². The lowest BCUT2D eigenvalue weighted by Gasteiger charge is -2.47. The average molecular weight is 296 g/mol. The summed E-state index contributed by atoms with van der Waals surface area (Å²) in [4.78, 5) is 14.5. The number of carbonyl (C=O) groups excluding carboxylic acids is 1. The van der Waals surface area contributed by atoms with E-state index in [4.69, 9.17) is 16.3 Å². The number of ether oxygens (including phenoxy) is 1. The first-order valence-corrected chi connectivity index (χ1v) is 7.27. The van der Waals surface area contributed by atoms with Crippen molar-refractivity contribution in [3.8, 4) is 0 Å². The number of benzene rings is 1. The molecule has 0 bridgehead atoms. The highest BCUT2D eigenvalue weighted by Crippen LogP contribution is 2.28. The molecule has 0 saturated carbocycles. The summed E-state index contributed by atoms with van der Waals surface area (Å²) < 4.78 is 6.02. The van der Waals surface area contributed by atoms with Crippen LogP contribution < -0.4 is 0 Å². The molecule has 110 valence electrons. The molecule has 4 heteroatoms. The molecule has 0 aromatic heterocycles. The molecule has 0 aliphatic carbocycles. The van der Waals surface area contributed by atoms with Gasteiger partial charge in [-0.2, -0.15) is 0 Å². The number of hydrogen-bond acceptors (Lipinski definition) is 3.